The highest BCUT2D eigenvalue weighted by molar-refractivity contribution is 8.00. The third-order valence-corrected chi connectivity index (χ3v) is 5.33. The molecule has 0 aliphatic heterocycles. The van der Waals surface area contributed by atoms with Crippen LogP contribution in [0.5, 0.6) is 0 Å². The topological polar surface area (TPSA) is 26.0 Å². The number of hydrogen-bond acceptors (Lipinski definition) is 2. The molecule has 1 saturated carbocycles. The Morgan fingerprint density at radius 3 is 2.74 bits per heavy atom. The second kappa shape index (κ2) is 6.27. The third-order valence-electron chi connectivity index (χ3n) is 3.96. The van der Waals surface area contributed by atoms with Crippen LogP contribution in [0.15, 0.2) is 17.0 Å². The quantitative estimate of drug-likeness (QED) is 0.859. The van der Waals surface area contributed by atoms with Gasteiger partial charge in [-0.3, -0.25) is 0 Å². The van der Waals surface area contributed by atoms with Gasteiger partial charge < -0.3 is 5.73 Å². The van der Waals surface area contributed by atoms with Crippen molar-refractivity contribution in [3.63, 3.8) is 0 Å². The summed E-state index contributed by atoms with van der Waals surface area (Å²) in [5, 5.41) is 0.658. The fourth-order valence-corrected chi connectivity index (χ4v) is 4.49. The lowest BCUT2D eigenvalue weighted by Crippen LogP contribution is -2.16. The van der Waals surface area contributed by atoms with Gasteiger partial charge in [0.15, 0.2) is 0 Å². The van der Waals surface area contributed by atoms with Crippen molar-refractivity contribution in [1.82, 2.24) is 0 Å². The van der Waals surface area contributed by atoms with Gasteiger partial charge in [0.2, 0.25) is 0 Å². The molecule has 0 saturated heterocycles. The van der Waals surface area contributed by atoms with Gasteiger partial charge in [-0.2, -0.15) is 0 Å². The summed E-state index contributed by atoms with van der Waals surface area (Å²) in [6, 6.07) is 3.48. The smallest absolute Gasteiger partial charge is 0.126 e. The zero-order valence-electron chi connectivity index (χ0n) is 12.1. The number of benzene rings is 1. The Labute approximate surface area is 120 Å². The first-order chi connectivity index (χ1) is 8.97. The van der Waals surface area contributed by atoms with E-state index in [9.17, 15) is 4.39 Å². The average Bonchev–Trinajstić information content (AvgIpc) is 2.33. The average molecular weight is 281 g/mol. The molecule has 0 aromatic heterocycles. The lowest BCUT2D eigenvalue weighted by Gasteiger charge is -2.27. The minimum absolute atomic E-state index is 0.112. The van der Waals surface area contributed by atoms with E-state index in [-0.39, 0.29) is 11.9 Å². The van der Waals surface area contributed by atoms with E-state index in [2.05, 4.69) is 6.92 Å². The summed E-state index contributed by atoms with van der Waals surface area (Å²) in [6.45, 7) is 6.08. The van der Waals surface area contributed by atoms with E-state index in [1.54, 1.807) is 6.07 Å². The molecule has 3 heteroatoms. The van der Waals surface area contributed by atoms with E-state index in [0.29, 0.717) is 5.25 Å². The molecular formula is C16H24FNS. The Morgan fingerprint density at radius 2 is 2.11 bits per heavy atom. The molecule has 2 rings (SSSR count). The van der Waals surface area contributed by atoms with E-state index in [1.165, 1.54) is 30.6 Å². The number of halogens is 1. The zero-order valence-corrected chi connectivity index (χ0v) is 12.9. The van der Waals surface area contributed by atoms with Crippen molar-refractivity contribution in [2.24, 2.45) is 11.7 Å². The SMILES string of the molecule is Cc1cc(SC2CCCC(C)C2)c([C@H](C)N)cc1F. The molecule has 2 N–H and O–H groups in total. The Hall–Kier alpha value is -0.540. The molecule has 0 heterocycles. The van der Waals surface area contributed by atoms with Crippen LogP contribution in [0.25, 0.3) is 0 Å². The summed E-state index contributed by atoms with van der Waals surface area (Å²) >= 11 is 1.90. The molecule has 0 bridgehead atoms. The van der Waals surface area contributed by atoms with Crippen LogP contribution in [0.1, 0.15) is 56.7 Å². The van der Waals surface area contributed by atoms with Crippen LogP contribution in [-0.2, 0) is 0 Å². The van der Waals surface area contributed by atoms with Crippen molar-refractivity contribution in [1.29, 1.82) is 0 Å². The van der Waals surface area contributed by atoms with Crippen LogP contribution in [0.3, 0.4) is 0 Å². The van der Waals surface area contributed by atoms with Gasteiger partial charge in [-0.15, -0.1) is 11.8 Å². The molecule has 1 aliphatic carbocycles. The third kappa shape index (κ3) is 3.73. The van der Waals surface area contributed by atoms with Gasteiger partial charge in [-0.05, 0) is 55.9 Å². The lowest BCUT2D eigenvalue weighted by atomic mass is 9.91. The molecular weight excluding hydrogens is 257 g/mol. The van der Waals surface area contributed by atoms with Crippen LogP contribution in [0.2, 0.25) is 0 Å². The first-order valence-corrected chi connectivity index (χ1v) is 8.07. The maximum atomic E-state index is 13.7. The molecule has 0 radical (unpaired) electrons. The minimum atomic E-state index is -0.145. The second-order valence-corrected chi connectivity index (χ2v) is 7.28. The first-order valence-electron chi connectivity index (χ1n) is 7.19. The fourth-order valence-electron chi connectivity index (χ4n) is 2.79. The number of aryl methyl sites for hydroxylation is 1. The van der Waals surface area contributed by atoms with Gasteiger partial charge in [-0.25, -0.2) is 4.39 Å². The second-order valence-electron chi connectivity index (χ2n) is 5.94. The van der Waals surface area contributed by atoms with Crippen molar-refractivity contribution in [3.8, 4) is 0 Å². The largest absolute Gasteiger partial charge is 0.324 e. The fraction of sp³-hybridized carbons (Fsp3) is 0.625. The van der Waals surface area contributed by atoms with Gasteiger partial charge >= 0.3 is 0 Å². The van der Waals surface area contributed by atoms with Crippen LogP contribution in [-0.4, -0.2) is 5.25 Å². The summed E-state index contributed by atoms with van der Waals surface area (Å²) in [5.74, 6) is 0.667. The Balaban J connectivity index is 2.20. The van der Waals surface area contributed by atoms with Gasteiger partial charge in [0.25, 0.3) is 0 Å². The molecule has 3 atom stereocenters. The molecule has 1 aliphatic rings. The van der Waals surface area contributed by atoms with Crippen molar-refractivity contribution in [3.05, 3.63) is 29.1 Å². The van der Waals surface area contributed by atoms with E-state index < -0.39 is 0 Å². The van der Waals surface area contributed by atoms with E-state index in [0.717, 1.165) is 17.0 Å². The van der Waals surface area contributed by atoms with Crippen molar-refractivity contribution < 1.29 is 4.39 Å². The standard InChI is InChI=1S/C16H24FNS/c1-10-5-4-6-13(7-10)19-16-8-11(2)15(17)9-14(16)12(3)18/h8-10,12-13H,4-7,18H2,1-3H3/t10?,12-,13?/m0/s1. The molecule has 0 spiro atoms. The minimum Gasteiger partial charge on any atom is -0.324 e. The summed E-state index contributed by atoms with van der Waals surface area (Å²) in [7, 11) is 0. The molecule has 1 aromatic carbocycles. The van der Waals surface area contributed by atoms with Crippen LogP contribution < -0.4 is 5.73 Å². The van der Waals surface area contributed by atoms with Crippen molar-refractivity contribution in [2.45, 2.75) is 62.6 Å². The molecule has 106 valence electrons. The van der Waals surface area contributed by atoms with Crippen LogP contribution in [0, 0.1) is 18.7 Å². The summed E-state index contributed by atoms with van der Waals surface area (Å²) in [4.78, 5) is 1.17. The van der Waals surface area contributed by atoms with E-state index in [1.807, 2.05) is 31.7 Å². The lowest BCUT2D eigenvalue weighted by molar-refractivity contribution is 0.394. The molecule has 1 nitrogen and oxygen atoms in total. The monoisotopic (exact) mass is 281 g/mol. The number of hydrogen-bond donors (Lipinski definition) is 1. The summed E-state index contributed by atoms with van der Waals surface area (Å²) in [5.41, 5.74) is 7.65. The maximum Gasteiger partial charge on any atom is 0.126 e. The van der Waals surface area contributed by atoms with Gasteiger partial charge in [0.1, 0.15) is 5.82 Å². The highest BCUT2D eigenvalue weighted by Gasteiger charge is 2.22. The normalized spacial score (nSPS) is 25.3. The zero-order chi connectivity index (χ0) is 14.0. The van der Waals surface area contributed by atoms with Crippen LogP contribution >= 0.6 is 11.8 Å². The first kappa shape index (κ1) is 14.9. The predicted octanol–water partition coefficient (Wildman–Crippen LogP) is 4.82. The molecule has 2 unspecified atom stereocenters. The summed E-state index contributed by atoms with van der Waals surface area (Å²) < 4.78 is 13.7. The number of nitrogens with two attached hydrogens (primary N) is 1. The molecule has 1 fully saturated rings. The van der Waals surface area contributed by atoms with Gasteiger partial charge in [-0.1, -0.05) is 19.8 Å². The number of thioether (sulfide) groups is 1. The van der Waals surface area contributed by atoms with Crippen molar-refractivity contribution >= 4 is 11.8 Å². The van der Waals surface area contributed by atoms with E-state index >= 15 is 0 Å². The Morgan fingerprint density at radius 1 is 1.37 bits per heavy atom. The van der Waals surface area contributed by atoms with Crippen molar-refractivity contribution in [2.75, 3.05) is 0 Å². The highest BCUT2D eigenvalue weighted by Crippen LogP contribution is 2.39. The molecule has 0 amide bonds. The summed E-state index contributed by atoms with van der Waals surface area (Å²) in [6.07, 6.45) is 5.19. The molecule has 19 heavy (non-hydrogen) atoms. The Bertz CT molecular complexity index is 445. The van der Waals surface area contributed by atoms with Gasteiger partial charge in [0.05, 0.1) is 0 Å². The Kier molecular flexibility index (Phi) is 4.91. The van der Waals surface area contributed by atoms with Crippen LogP contribution in [0.4, 0.5) is 4.39 Å². The number of rotatable bonds is 3. The highest BCUT2D eigenvalue weighted by atomic mass is 32.2. The predicted molar refractivity (Wildman–Crippen MR) is 81.0 cm³/mol. The molecule has 1 aromatic rings. The maximum absolute atomic E-state index is 13.7. The van der Waals surface area contributed by atoms with E-state index in [4.69, 9.17) is 5.73 Å². The van der Waals surface area contributed by atoms with Gasteiger partial charge in [0, 0.05) is 16.2 Å².